The van der Waals surface area contributed by atoms with Gasteiger partial charge in [-0.05, 0) is 11.6 Å². The normalized spacial score (nSPS) is 32.9. The van der Waals surface area contributed by atoms with E-state index in [0.29, 0.717) is 0 Å². The molecule has 114 valence electrons. The predicted octanol–water partition coefficient (Wildman–Crippen LogP) is 1.29. The fraction of sp³-hybridized carbons (Fsp3) is 0.417. The van der Waals surface area contributed by atoms with E-state index in [1.165, 1.54) is 12.2 Å². The monoisotopic (exact) mass is 302 g/mol. The molecule has 4 N–H and O–H groups in total. The van der Waals surface area contributed by atoms with E-state index in [2.05, 4.69) is 15.0 Å². The van der Waals surface area contributed by atoms with Gasteiger partial charge in [-0.15, -0.1) is 0 Å². The van der Waals surface area contributed by atoms with Crippen molar-refractivity contribution >= 4 is 18.1 Å². The molecular weight excluding hydrogens is 289 g/mol. The lowest BCUT2D eigenvalue weighted by atomic mass is 9.81. The number of halogens is 3. The Bertz CT molecular complexity index is 582. The number of nitrogens with zero attached hydrogens (tertiary/aromatic N) is 1. The standard InChI is InChI=1S/C12H13F3N4O2/c1-21-10(12(13,14)15)4-2-3-7(5-10)11(17)6-18-9(20)19-8(11)16/h2-3,5-6H,4,17H2,1H3,(H2,16,19,20). The highest BCUT2D eigenvalue weighted by molar-refractivity contribution is 6.19. The van der Waals surface area contributed by atoms with Crippen molar-refractivity contribution in [2.24, 2.45) is 10.7 Å². The number of amidine groups is 1. The zero-order valence-electron chi connectivity index (χ0n) is 11.0. The fourth-order valence-electron chi connectivity index (χ4n) is 2.12. The number of alkyl halides is 3. The van der Waals surface area contributed by atoms with E-state index < -0.39 is 35.6 Å². The molecule has 0 aromatic carbocycles. The lowest BCUT2D eigenvalue weighted by Gasteiger charge is -2.37. The van der Waals surface area contributed by atoms with E-state index in [0.717, 1.165) is 19.4 Å². The molecule has 2 rings (SSSR count). The minimum Gasteiger partial charge on any atom is -0.364 e. The van der Waals surface area contributed by atoms with Gasteiger partial charge in [0.2, 0.25) is 0 Å². The van der Waals surface area contributed by atoms with Crippen molar-refractivity contribution in [2.75, 3.05) is 7.11 Å². The van der Waals surface area contributed by atoms with Crippen LogP contribution in [0.1, 0.15) is 6.42 Å². The Hall–Kier alpha value is -2.00. The Morgan fingerprint density at radius 2 is 2.19 bits per heavy atom. The second-order valence-corrected chi connectivity index (χ2v) is 4.73. The molecule has 2 amide bonds. The van der Waals surface area contributed by atoms with E-state index in [1.54, 1.807) is 0 Å². The molecule has 0 aromatic rings. The van der Waals surface area contributed by atoms with Gasteiger partial charge in [0.05, 0.1) is 0 Å². The van der Waals surface area contributed by atoms with Crippen LogP contribution in [0.3, 0.4) is 0 Å². The van der Waals surface area contributed by atoms with Gasteiger partial charge in [-0.2, -0.15) is 13.2 Å². The number of methoxy groups -OCH3 is 1. The number of carbonyl (C=O) groups excluding carboxylic acids is 1. The molecule has 0 saturated carbocycles. The van der Waals surface area contributed by atoms with Crippen LogP contribution in [0.4, 0.5) is 18.0 Å². The van der Waals surface area contributed by atoms with Crippen molar-refractivity contribution in [1.82, 2.24) is 5.32 Å². The number of urea groups is 1. The van der Waals surface area contributed by atoms with Crippen LogP contribution in [0, 0.1) is 5.41 Å². The fourth-order valence-corrected chi connectivity index (χ4v) is 2.12. The number of carbonyl (C=O) groups is 1. The van der Waals surface area contributed by atoms with Gasteiger partial charge in [0.1, 0.15) is 11.4 Å². The Morgan fingerprint density at radius 1 is 1.52 bits per heavy atom. The molecule has 0 fully saturated rings. The summed E-state index contributed by atoms with van der Waals surface area (Å²) in [5, 5.41) is 9.78. The average molecular weight is 302 g/mol. The number of ether oxygens (including phenoxy) is 1. The van der Waals surface area contributed by atoms with Gasteiger partial charge in [0, 0.05) is 19.7 Å². The van der Waals surface area contributed by atoms with Crippen molar-refractivity contribution in [3.8, 4) is 0 Å². The quantitative estimate of drug-likeness (QED) is 0.716. The van der Waals surface area contributed by atoms with Crippen LogP contribution in [-0.2, 0) is 4.74 Å². The van der Waals surface area contributed by atoms with Crippen LogP contribution in [-0.4, -0.2) is 42.5 Å². The molecule has 2 atom stereocenters. The van der Waals surface area contributed by atoms with Crippen molar-refractivity contribution in [3.05, 3.63) is 23.8 Å². The second kappa shape index (κ2) is 4.78. The number of aliphatic imine (C=N–C) groups is 1. The van der Waals surface area contributed by atoms with Crippen LogP contribution >= 0.6 is 0 Å². The van der Waals surface area contributed by atoms with Crippen LogP contribution in [0.2, 0.25) is 0 Å². The van der Waals surface area contributed by atoms with Crippen LogP contribution in [0.25, 0.3) is 0 Å². The van der Waals surface area contributed by atoms with Crippen molar-refractivity contribution in [2.45, 2.75) is 23.7 Å². The minimum absolute atomic E-state index is 0.0262. The van der Waals surface area contributed by atoms with E-state index in [9.17, 15) is 18.0 Å². The second-order valence-electron chi connectivity index (χ2n) is 4.73. The number of nitrogens with two attached hydrogens (primary N) is 1. The summed E-state index contributed by atoms with van der Waals surface area (Å²) in [7, 11) is 0.950. The molecule has 2 unspecified atom stereocenters. The molecule has 0 aromatic heterocycles. The largest absolute Gasteiger partial charge is 0.421 e. The summed E-state index contributed by atoms with van der Waals surface area (Å²) in [5.74, 6) is -0.451. The first kappa shape index (κ1) is 15.4. The Labute approximate surface area is 118 Å². The predicted molar refractivity (Wildman–Crippen MR) is 69.3 cm³/mol. The number of amides is 2. The third-order valence-corrected chi connectivity index (χ3v) is 3.46. The molecule has 0 saturated heterocycles. The van der Waals surface area contributed by atoms with Crippen molar-refractivity contribution in [1.29, 1.82) is 5.41 Å². The van der Waals surface area contributed by atoms with Gasteiger partial charge in [-0.3, -0.25) is 10.7 Å². The average Bonchev–Trinajstić information content (AvgIpc) is 2.42. The maximum absolute atomic E-state index is 13.2. The maximum atomic E-state index is 13.2. The van der Waals surface area contributed by atoms with Gasteiger partial charge in [0.15, 0.2) is 5.60 Å². The molecule has 9 heteroatoms. The molecule has 0 radical (unpaired) electrons. The minimum atomic E-state index is -4.65. The summed E-state index contributed by atoms with van der Waals surface area (Å²) in [6.45, 7) is 0. The smallest absolute Gasteiger partial charge is 0.364 e. The molecule has 2 aliphatic rings. The number of nitrogens with one attached hydrogen (secondary N) is 2. The molecule has 0 spiro atoms. The molecule has 1 aliphatic heterocycles. The summed E-state index contributed by atoms with van der Waals surface area (Å²) in [5.41, 5.74) is 1.65. The molecule has 0 bridgehead atoms. The van der Waals surface area contributed by atoms with Crippen LogP contribution in [0.15, 0.2) is 28.8 Å². The van der Waals surface area contributed by atoms with Crippen LogP contribution in [0.5, 0.6) is 0 Å². The molecule has 6 nitrogen and oxygen atoms in total. The molecule has 1 aliphatic carbocycles. The topological polar surface area (TPSA) is 101 Å². The third-order valence-electron chi connectivity index (χ3n) is 3.46. The zero-order chi connectivity index (χ0) is 15.9. The van der Waals surface area contributed by atoms with Gasteiger partial charge in [-0.25, -0.2) is 9.79 Å². The SMILES string of the molecule is COC1(C(F)(F)F)C=C(C2(N)C=NC(=O)NC2=N)C=CC1. The van der Waals surface area contributed by atoms with Crippen molar-refractivity contribution in [3.63, 3.8) is 0 Å². The first-order valence-electron chi connectivity index (χ1n) is 5.90. The van der Waals surface area contributed by atoms with Crippen molar-refractivity contribution < 1.29 is 22.7 Å². The number of rotatable bonds is 2. The Morgan fingerprint density at radius 3 is 2.71 bits per heavy atom. The van der Waals surface area contributed by atoms with Gasteiger partial charge in [-0.1, -0.05) is 12.2 Å². The maximum Gasteiger partial charge on any atom is 0.421 e. The highest BCUT2D eigenvalue weighted by atomic mass is 19.4. The lowest BCUT2D eigenvalue weighted by molar-refractivity contribution is -0.248. The van der Waals surface area contributed by atoms with E-state index in [-0.39, 0.29) is 5.57 Å². The first-order valence-corrected chi connectivity index (χ1v) is 5.90. The summed E-state index contributed by atoms with van der Waals surface area (Å²) in [6.07, 6.45) is -0.647. The lowest BCUT2D eigenvalue weighted by Crippen LogP contribution is -2.61. The van der Waals surface area contributed by atoms with E-state index in [4.69, 9.17) is 11.1 Å². The summed E-state index contributed by atoms with van der Waals surface area (Å²) in [4.78, 5) is 14.4. The van der Waals surface area contributed by atoms with Gasteiger partial charge >= 0.3 is 12.2 Å². The Balaban J connectivity index is 2.51. The van der Waals surface area contributed by atoms with E-state index in [1.807, 2.05) is 0 Å². The summed E-state index contributed by atoms with van der Waals surface area (Å²) >= 11 is 0. The third kappa shape index (κ3) is 2.38. The summed E-state index contributed by atoms with van der Waals surface area (Å²) in [6, 6.07) is -0.796. The summed E-state index contributed by atoms with van der Waals surface area (Å²) < 4.78 is 44.3. The van der Waals surface area contributed by atoms with Crippen LogP contribution < -0.4 is 11.1 Å². The van der Waals surface area contributed by atoms with Gasteiger partial charge < -0.3 is 10.5 Å². The number of hydrogen-bond acceptors (Lipinski definition) is 4. The Kier molecular flexibility index (Phi) is 3.50. The van der Waals surface area contributed by atoms with E-state index >= 15 is 0 Å². The molecule has 1 heterocycles. The zero-order valence-corrected chi connectivity index (χ0v) is 11.0. The highest BCUT2D eigenvalue weighted by Gasteiger charge is 2.55. The molecular formula is C12H13F3N4O2. The number of hydrogen-bond donors (Lipinski definition) is 3. The molecule has 21 heavy (non-hydrogen) atoms. The first-order chi connectivity index (χ1) is 9.64. The highest BCUT2D eigenvalue weighted by Crippen LogP contribution is 2.41. The van der Waals surface area contributed by atoms with Gasteiger partial charge in [0.25, 0.3) is 0 Å².